The Bertz CT molecular complexity index is 409. The van der Waals surface area contributed by atoms with Gasteiger partial charge in [-0.05, 0) is 50.4 Å². The van der Waals surface area contributed by atoms with E-state index in [1.54, 1.807) is 0 Å². The zero-order valence-electron chi connectivity index (χ0n) is 12.7. The summed E-state index contributed by atoms with van der Waals surface area (Å²) in [6.45, 7) is 5.70. The van der Waals surface area contributed by atoms with Crippen molar-refractivity contribution in [3.8, 4) is 0 Å². The minimum absolute atomic E-state index is 0.153. The number of hydrogen-bond acceptors (Lipinski definition) is 2. The molecule has 0 spiro atoms. The predicted molar refractivity (Wildman–Crippen MR) is 77.1 cm³/mol. The minimum atomic E-state index is -0.153. The van der Waals surface area contributed by atoms with E-state index in [1.165, 1.54) is 0 Å². The number of carbonyl (C=O) groups is 2. The van der Waals surface area contributed by atoms with E-state index >= 15 is 0 Å². The molecule has 2 saturated heterocycles. The largest absolute Gasteiger partial charge is 0.329 e. The lowest BCUT2D eigenvalue weighted by molar-refractivity contribution is -0.161. The maximum absolute atomic E-state index is 12.7. The number of nitrogens with zero attached hydrogens (tertiary/aromatic N) is 2. The van der Waals surface area contributed by atoms with Crippen LogP contribution < -0.4 is 0 Å². The van der Waals surface area contributed by atoms with Gasteiger partial charge in [0, 0.05) is 12.6 Å². The first-order valence-electron chi connectivity index (χ1n) is 8.08. The average molecular weight is 278 g/mol. The molecule has 0 radical (unpaired) electrons. The van der Waals surface area contributed by atoms with Crippen molar-refractivity contribution < 1.29 is 9.59 Å². The third-order valence-electron chi connectivity index (χ3n) is 5.45. The Balaban J connectivity index is 1.71. The van der Waals surface area contributed by atoms with Gasteiger partial charge in [0.05, 0.1) is 0 Å². The minimum Gasteiger partial charge on any atom is -0.329 e. The van der Waals surface area contributed by atoms with Gasteiger partial charge in [-0.25, -0.2) is 0 Å². The zero-order valence-corrected chi connectivity index (χ0v) is 12.7. The second kappa shape index (κ2) is 5.05. The number of piperazine rings is 1. The van der Waals surface area contributed by atoms with Crippen molar-refractivity contribution in [1.29, 1.82) is 0 Å². The lowest BCUT2D eigenvalue weighted by Gasteiger charge is -2.47. The Kier molecular flexibility index (Phi) is 3.51. The normalized spacial score (nSPS) is 31.4. The van der Waals surface area contributed by atoms with E-state index in [0.717, 1.165) is 51.5 Å². The van der Waals surface area contributed by atoms with Crippen molar-refractivity contribution in [1.82, 2.24) is 9.80 Å². The Morgan fingerprint density at radius 3 is 2.40 bits per heavy atom. The molecule has 0 aromatic rings. The molecular weight excluding hydrogens is 252 g/mol. The first kappa shape index (κ1) is 13.9. The third kappa shape index (κ3) is 2.45. The molecule has 1 atom stereocenters. The van der Waals surface area contributed by atoms with Gasteiger partial charge in [-0.2, -0.15) is 0 Å². The number of carbonyl (C=O) groups excluding carboxylic acids is 2. The van der Waals surface area contributed by atoms with Crippen LogP contribution in [0, 0.1) is 5.41 Å². The van der Waals surface area contributed by atoms with Gasteiger partial charge in [-0.3, -0.25) is 9.59 Å². The standard InChI is InChI=1S/C16H26N2O2/c1-16(2)8-6-12(7-9-16)18-11-14(19)17-10-4-3-5-13(17)15(18)20/h12-13H,3-11H2,1-2H3. The van der Waals surface area contributed by atoms with E-state index in [9.17, 15) is 9.59 Å². The fourth-order valence-corrected chi connectivity index (χ4v) is 4.00. The molecule has 3 aliphatic rings. The van der Waals surface area contributed by atoms with Gasteiger partial charge in [0.15, 0.2) is 0 Å². The Morgan fingerprint density at radius 1 is 1.00 bits per heavy atom. The lowest BCUT2D eigenvalue weighted by Crippen LogP contribution is -2.63. The van der Waals surface area contributed by atoms with Crippen LogP contribution in [0.25, 0.3) is 0 Å². The number of rotatable bonds is 1. The molecule has 0 aromatic carbocycles. The highest BCUT2D eigenvalue weighted by atomic mass is 16.2. The van der Waals surface area contributed by atoms with Crippen molar-refractivity contribution >= 4 is 11.8 Å². The topological polar surface area (TPSA) is 40.6 Å². The predicted octanol–water partition coefficient (Wildman–Crippen LogP) is 2.18. The van der Waals surface area contributed by atoms with Crippen LogP contribution in [-0.4, -0.2) is 46.8 Å². The van der Waals surface area contributed by atoms with Crippen LogP contribution >= 0.6 is 0 Å². The van der Waals surface area contributed by atoms with Gasteiger partial charge >= 0.3 is 0 Å². The lowest BCUT2D eigenvalue weighted by atomic mass is 9.75. The van der Waals surface area contributed by atoms with Gasteiger partial charge in [0.2, 0.25) is 11.8 Å². The number of hydrogen-bond donors (Lipinski definition) is 0. The summed E-state index contributed by atoms with van der Waals surface area (Å²) in [5.74, 6) is 0.383. The third-order valence-corrected chi connectivity index (χ3v) is 5.45. The Labute approximate surface area is 121 Å². The summed E-state index contributed by atoms with van der Waals surface area (Å²) < 4.78 is 0. The second-order valence-corrected chi connectivity index (χ2v) is 7.46. The summed E-state index contributed by atoms with van der Waals surface area (Å²) in [5.41, 5.74) is 0.399. The first-order valence-corrected chi connectivity index (χ1v) is 8.08. The highest BCUT2D eigenvalue weighted by Gasteiger charge is 2.43. The van der Waals surface area contributed by atoms with Crippen LogP contribution in [0.3, 0.4) is 0 Å². The van der Waals surface area contributed by atoms with Gasteiger partial charge < -0.3 is 9.80 Å². The molecule has 2 amide bonds. The summed E-state index contributed by atoms with van der Waals surface area (Å²) in [7, 11) is 0. The fourth-order valence-electron chi connectivity index (χ4n) is 4.00. The monoisotopic (exact) mass is 278 g/mol. The number of piperidine rings is 1. The summed E-state index contributed by atoms with van der Waals surface area (Å²) in [6.07, 6.45) is 7.41. The molecule has 20 heavy (non-hydrogen) atoms. The molecule has 2 heterocycles. The second-order valence-electron chi connectivity index (χ2n) is 7.46. The van der Waals surface area contributed by atoms with E-state index in [0.29, 0.717) is 18.0 Å². The van der Waals surface area contributed by atoms with E-state index in [1.807, 2.05) is 9.80 Å². The number of amides is 2. The van der Waals surface area contributed by atoms with E-state index in [2.05, 4.69) is 13.8 Å². The molecule has 1 aliphatic carbocycles. The SMILES string of the molecule is CC1(C)CCC(N2CC(=O)N3CCCCC3C2=O)CC1. The molecule has 112 valence electrons. The van der Waals surface area contributed by atoms with Crippen molar-refractivity contribution in [2.24, 2.45) is 5.41 Å². The van der Waals surface area contributed by atoms with Crippen molar-refractivity contribution in [2.75, 3.05) is 13.1 Å². The molecule has 0 N–H and O–H groups in total. The highest BCUT2D eigenvalue weighted by Crippen LogP contribution is 2.38. The maximum atomic E-state index is 12.7. The van der Waals surface area contributed by atoms with E-state index in [4.69, 9.17) is 0 Å². The first-order chi connectivity index (χ1) is 9.48. The molecule has 0 aromatic heterocycles. The summed E-state index contributed by atoms with van der Waals surface area (Å²) >= 11 is 0. The molecule has 1 unspecified atom stereocenters. The van der Waals surface area contributed by atoms with Crippen LogP contribution in [0.5, 0.6) is 0 Å². The summed E-state index contributed by atoms with van der Waals surface area (Å²) in [6, 6.07) is 0.142. The van der Waals surface area contributed by atoms with Gasteiger partial charge in [-0.15, -0.1) is 0 Å². The molecule has 2 aliphatic heterocycles. The van der Waals surface area contributed by atoms with Gasteiger partial charge in [0.1, 0.15) is 12.6 Å². The molecule has 4 nitrogen and oxygen atoms in total. The van der Waals surface area contributed by atoms with Crippen LogP contribution in [-0.2, 0) is 9.59 Å². The van der Waals surface area contributed by atoms with E-state index < -0.39 is 0 Å². The quantitative estimate of drug-likeness (QED) is 0.737. The molecule has 3 fully saturated rings. The van der Waals surface area contributed by atoms with Crippen LogP contribution in [0.15, 0.2) is 0 Å². The summed E-state index contributed by atoms with van der Waals surface area (Å²) in [5, 5.41) is 0. The number of fused-ring (bicyclic) bond motifs is 1. The average Bonchev–Trinajstić information content (AvgIpc) is 2.43. The van der Waals surface area contributed by atoms with Crippen molar-refractivity contribution in [3.63, 3.8) is 0 Å². The summed E-state index contributed by atoms with van der Waals surface area (Å²) in [4.78, 5) is 28.7. The van der Waals surface area contributed by atoms with Crippen LogP contribution in [0.4, 0.5) is 0 Å². The van der Waals surface area contributed by atoms with Crippen LogP contribution in [0.2, 0.25) is 0 Å². The maximum Gasteiger partial charge on any atom is 0.246 e. The molecule has 4 heteroatoms. The van der Waals surface area contributed by atoms with Crippen molar-refractivity contribution in [2.45, 2.75) is 70.9 Å². The Hall–Kier alpha value is -1.06. The van der Waals surface area contributed by atoms with E-state index in [-0.39, 0.29) is 17.9 Å². The van der Waals surface area contributed by atoms with Crippen molar-refractivity contribution in [3.05, 3.63) is 0 Å². The zero-order chi connectivity index (χ0) is 14.3. The molecule has 0 bridgehead atoms. The molecular formula is C16H26N2O2. The molecule has 3 rings (SSSR count). The van der Waals surface area contributed by atoms with Crippen LogP contribution in [0.1, 0.15) is 58.8 Å². The highest BCUT2D eigenvalue weighted by molar-refractivity contribution is 5.95. The smallest absolute Gasteiger partial charge is 0.246 e. The van der Waals surface area contributed by atoms with Gasteiger partial charge in [-0.1, -0.05) is 13.8 Å². The van der Waals surface area contributed by atoms with Gasteiger partial charge in [0.25, 0.3) is 0 Å². The fraction of sp³-hybridized carbons (Fsp3) is 0.875. The Morgan fingerprint density at radius 2 is 1.70 bits per heavy atom. The molecule has 1 saturated carbocycles.